The number of hydrogen-bond donors (Lipinski definition) is 1. The summed E-state index contributed by atoms with van der Waals surface area (Å²) in [4.78, 5) is 0. The molecule has 1 aromatic carbocycles. The van der Waals surface area contributed by atoms with Gasteiger partial charge < -0.3 is 5.73 Å². The molecule has 0 radical (unpaired) electrons. The Hall–Kier alpha value is -0.0500. The van der Waals surface area contributed by atoms with Crippen molar-refractivity contribution >= 4 is 27.5 Å². The summed E-state index contributed by atoms with van der Waals surface area (Å²) in [5.41, 5.74) is 7.23. The van der Waals surface area contributed by atoms with Crippen molar-refractivity contribution in [2.45, 2.75) is 39.2 Å². The molecule has 16 heavy (non-hydrogen) atoms. The molecule has 0 saturated carbocycles. The van der Waals surface area contributed by atoms with E-state index in [9.17, 15) is 0 Å². The van der Waals surface area contributed by atoms with Gasteiger partial charge >= 0.3 is 0 Å². The third-order valence-electron chi connectivity index (χ3n) is 2.61. The summed E-state index contributed by atoms with van der Waals surface area (Å²) < 4.78 is 1.01. The first-order chi connectivity index (χ1) is 7.49. The molecule has 0 saturated heterocycles. The van der Waals surface area contributed by atoms with Crippen molar-refractivity contribution in [3.8, 4) is 0 Å². The zero-order valence-electron chi connectivity index (χ0n) is 9.84. The van der Waals surface area contributed by atoms with Crippen LogP contribution in [0.4, 0.5) is 0 Å². The first-order valence-electron chi connectivity index (χ1n) is 5.68. The van der Waals surface area contributed by atoms with Crippen molar-refractivity contribution in [1.29, 1.82) is 0 Å². The van der Waals surface area contributed by atoms with Crippen LogP contribution in [-0.2, 0) is 6.42 Å². The largest absolute Gasteiger partial charge is 0.327 e. The van der Waals surface area contributed by atoms with Crippen LogP contribution in [0.25, 0.3) is 0 Å². The van der Waals surface area contributed by atoms with Crippen molar-refractivity contribution < 1.29 is 0 Å². The zero-order valence-corrected chi connectivity index (χ0v) is 12.2. The predicted molar refractivity (Wildman–Crippen MR) is 74.9 cm³/mol. The Morgan fingerprint density at radius 1 is 1.31 bits per heavy atom. The van der Waals surface area contributed by atoms with E-state index in [0.29, 0.717) is 5.92 Å². The minimum absolute atomic E-state index is 0.209. The SMILES string of the molecule is CC(C)CCC(N)Cc1ccc(Br)cc1Cl. The molecular formula is C13H19BrClN. The van der Waals surface area contributed by atoms with Gasteiger partial charge in [0.05, 0.1) is 0 Å². The zero-order chi connectivity index (χ0) is 12.1. The Bertz CT molecular complexity index is 339. The first kappa shape index (κ1) is 14.0. The van der Waals surface area contributed by atoms with Crippen molar-refractivity contribution in [2.24, 2.45) is 11.7 Å². The maximum atomic E-state index is 6.15. The molecule has 0 bridgehead atoms. The highest BCUT2D eigenvalue weighted by Gasteiger charge is 2.08. The highest BCUT2D eigenvalue weighted by atomic mass is 79.9. The first-order valence-corrected chi connectivity index (χ1v) is 6.85. The second-order valence-corrected chi connectivity index (χ2v) is 5.99. The van der Waals surface area contributed by atoms with E-state index in [1.54, 1.807) is 0 Å². The molecule has 0 aliphatic carbocycles. The average molecular weight is 305 g/mol. The summed E-state index contributed by atoms with van der Waals surface area (Å²) in [5, 5.41) is 0.800. The van der Waals surface area contributed by atoms with E-state index in [-0.39, 0.29) is 6.04 Å². The third-order valence-corrected chi connectivity index (χ3v) is 3.46. The van der Waals surface area contributed by atoms with Gasteiger partial charge in [-0.25, -0.2) is 0 Å². The molecule has 1 rings (SSSR count). The van der Waals surface area contributed by atoms with Crippen LogP contribution < -0.4 is 5.73 Å². The standard InChI is InChI=1S/C13H19BrClN/c1-9(2)3-6-12(16)7-10-4-5-11(14)8-13(10)15/h4-5,8-9,12H,3,6-7,16H2,1-2H3. The lowest BCUT2D eigenvalue weighted by molar-refractivity contribution is 0.495. The van der Waals surface area contributed by atoms with E-state index < -0.39 is 0 Å². The van der Waals surface area contributed by atoms with Crippen LogP contribution >= 0.6 is 27.5 Å². The topological polar surface area (TPSA) is 26.0 Å². The molecule has 0 heterocycles. The summed E-state index contributed by atoms with van der Waals surface area (Å²) in [5.74, 6) is 0.714. The monoisotopic (exact) mass is 303 g/mol. The Labute approximate surface area is 111 Å². The fourth-order valence-corrected chi connectivity index (χ4v) is 2.37. The summed E-state index contributed by atoms with van der Waals surface area (Å²) >= 11 is 9.55. The van der Waals surface area contributed by atoms with Gasteiger partial charge in [-0.1, -0.05) is 47.4 Å². The molecule has 1 atom stereocenters. The fraction of sp³-hybridized carbons (Fsp3) is 0.538. The van der Waals surface area contributed by atoms with Crippen molar-refractivity contribution in [2.75, 3.05) is 0 Å². The number of nitrogens with two attached hydrogens (primary N) is 1. The van der Waals surface area contributed by atoms with Gasteiger partial charge in [-0.05, 0) is 42.9 Å². The third kappa shape index (κ3) is 4.86. The van der Waals surface area contributed by atoms with E-state index in [1.165, 1.54) is 6.42 Å². The van der Waals surface area contributed by atoms with Crippen LogP contribution in [0.5, 0.6) is 0 Å². The second kappa shape index (κ2) is 6.63. The Morgan fingerprint density at radius 2 is 2.00 bits per heavy atom. The molecule has 3 heteroatoms. The van der Waals surface area contributed by atoms with Gasteiger partial charge in [0, 0.05) is 15.5 Å². The van der Waals surface area contributed by atoms with E-state index in [1.807, 2.05) is 18.2 Å². The molecule has 0 aliphatic rings. The van der Waals surface area contributed by atoms with E-state index in [4.69, 9.17) is 17.3 Å². The normalized spacial score (nSPS) is 13.1. The molecule has 1 unspecified atom stereocenters. The molecule has 1 aromatic rings. The summed E-state index contributed by atoms with van der Waals surface area (Å²) in [6.45, 7) is 4.44. The smallest absolute Gasteiger partial charge is 0.0449 e. The van der Waals surface area contributed by atoms with Gasteiger partial charge in [0.2, 0.25) is 0 Å². The lowest BCUT2D eigenvalue weighted by Gasteiger charge is -2.14. The van der Waals surface area contributed by atoms with Crippen molar-refractivity contribution in [3.05, 3.63) is 33.3 Å². The number of hydrogen-bond acceptors (Lipinski definition) is 1. The molecule has 1 nitrogen and oxygen atoms in total. The van der Waals surface area contributed by atoms with Gasteiger partial charge in [-0.2, -0.15) is 0 Å². The summed E-state index contributed by atoms with van der Waals surface area (Å²) in [7, 11) is 0. The van der Waals surface area contributed by atoms with E-state index in [2.05, 4.69) is 29.8 Å². The molecule has 90 valence electrons. The van der Waals surface area contributed by atoms with Crippen LogP contribution in [0.15, 0.2) is 22.7 Å². The average Bonchev–Trinajstić information content (AvgIpc) is 2.19. The van der Waals surface area contributed by atoms with Crippen molar-refractivity contribution in [3.63, 3.8) is 0 Å². The van der Waals surface area contributed by atoms with Crippen LogP contribution in [0.1, 0.15) is 32.3 Å². The minimum atomic E-state index is 0.209. The van der Waals surface area contributed by atoms with Crippen LogP contribution in [0.2, 0.25) is 5.02 Å². The van der Waals surface area contributed by atoms with Gasteiger partial charge in [-0.3, -0.25) is 0 Å². The van der Waals surface area contributed by atoms with Crippen LogP contribution in [0.3, 0.4) is 0 Å². The molecule has 0 amide bonds. The Balaban J connectivity index is 2.52. The maximum absolute atomic E-state index is 6.15. The fourth-order valence-electron chi connectivity index (χ4n) is 1.62. The molecule has 0 aliphatic heterocycles. The number of halogens is 2. The highest BCUT2D eigenvalue weighted by Crippen LogP contribution is 2.23. The summed E-state index contributed by atoms with van der Waals surface area (Å²) in [6, 6.07) is 6.19. The van der Waals surface area contributed by atoms with Crippen LogP contribution in [0, 0.1) is 5.92 Å². The minimum Gasteiger partial charge on any atom is -0.327 e. The summed E-state index contributed by atoms with van der Waals surface area (Å²) in [6.07, 6.45) is 3.10. The Kier molecular flexibility index (Phi) is 5.81. The van der Waals surface area contributed by atoms with Gasteiger partial charge in [0.15, 0.2) is 0 Å². The van der Waals surface area contributed by atoms with Gasteiger partial charge in [0.1, 0.15) is 0 Å². The number of benzene rings is 1. The van der Waals surface area contributed by atoms with Crippen molar-refractivity contribution in [1.82, 2.24) is 0 Å². The molecular weight excluding hydrogens is 286 g/mol. The lowest BCUT2D eigenvalue weighted by Crippen LogP contribution is -2.23. The molecule has 0 aromatic heterocycles. The molecule has 2 N–H and O–H groups in total. The quantitative estimate of drug-likeness (QED) is 0.857. The van der Waals surface area contributed by atoms with E-state index in [0.717, 1.165) is 27.9 Å². The maximum Gasteiger partial charge on any atom is 0.0449 e. The predicted octanol–water partition coefficient (Wildman–Crippen LogP) is 4.41. The van der Waals surface area contributed by atoms with Crippen LogP contribution in [-0.4, -0.2) is 6.04 Å². The molecule has 0 spiro atoms. The van der Waals surface area contributed by atoms with Gasteiger partial charge in [-0.15, -0.1) is 0 Å². The van der Waals surface area contributed by atoms with Gasteiger partial charge in [0.25, 0.3) is 0 Å². The Morgan fingerprint density at radius 3 is 2.56 bits per heavy atom. The second-order valence-electron chi connectivity index (χ2n) is 4.67. The molecule has 0 fully saturated rings. The highest BCUT2D eigenvalue weighted by molar-refractivity contribution is 9.10. The number of rotatable bonds is 5. The lowest BCUT2D eigenvalue weighted by atomic mass is 9.98. The van der Waals surface area contributed by atoms with E-state index >= 15 is 0 Å².